The van der Waals surface area contributed by atoms with Gasteiger partial charge in [0, 0.05) is 23.8 Å². The number of carbonyl (C=O) groups excluding carboxylic acids is 2. The number of para-hydroxylation sites is 1. The van der Waals surface area contributed by atoms with Crippen molar-refractivity contribution in [2.24, 2.45) is 0 Å². The molecule has 0 aromatic heterocycles. The van der Waals surface area contributed by atoms with Crippen LogP contribution in [0.1, 0.15) is 51.1 Å². The molecule has 0 bridgehead atoms. The summed E-state index contributed by atoms with van der Waals surface area (Å²) in [5.74, 6) is 0.198. The van der Waals surface area contributed by atoms with Gasteiger partial charge in [-0.2, -0.15) is 0 Å². The Labute approximate surface area is 242 Å². The van der Waals surface area contributed by atoms with Crippen molar-refractivity contribution in [1.82, 2.24) is 0 Å². The van der Waals surface area contributed by atoms with Crippen LogP contribution in [0.15, 0.2) is 60.7 Å². The predicted octanol–water partition coefficient (Wildman–Crippen LogP) is 2.20. The molecule has 1 aliphatic heterocycles. The molecule has 1 fully saturated rings. The summed E-state index contributed by atoms with van der Waals surface area (Å²) >= 11 is 0. The highest BCUT2D eigenvalue weighted by Crippen LogP contribution is 2.43. The molecular weight excluding hydrogens is 546 g/mol. The van der Waals surface area contributed by atoms with Crippen LogP contribution in [-0.4, -0.2) is 82.5 Å². The molecule has 0 radical (unpaired) electrons. The fourth-order valence-electron chi connectivity index (χ4n) is 5.01. The van der Waals surface area contributed by atoms with E-state index in [4.69, 9.17) is 24.7 Å². The normalized spacial score (nSPS) is 23.3. The highest BCUT2D eigenvalue weighted by atomic mass is 16.6. The van der Waals surface area contributed by atoms with Crippen LogP contribution in [-0.2, 0) is 9.47 Å². The molecule has 5 atom stereocenters. The van der Waals surface area contributed by atoms with E-state index in [9.17, 15) is 30.0 Å². The van der Waals surface area contributed by atoms with Crippen molar-refractivity contribution in [2.45, 2.75) is 50.0 Å². The van der Waals surface area contributed by atoms with E-state index in [0.29, 0.717) is 31.6 Å². The zero-order valence-electron chi connectivity index (χ0n) is 22.7. The summed E-state index contributed by atoms with van der Waals surface area (Å²) in [6, 6.07) is 17.1. The maximum atomic E-state index is 13.5. The molecular formula is C31H33NO10. The number of unbranched alkanes of at least 4 members (excludes halogenated alkanes) is 2. The first-order valence-electron chi connectivity index (χ1n) is 13.7. The molecule has 6 N–H and O–H groups in total. The number of ether oxygens (including phenoxy) is 4. The monoisotopic (exact) mass is 579 g/mol. The van der Waals surface area contributed by atoms with E-state index >= 15 is 0 Å². The molecule has 1 saturated heterocycles. The first-order valence-corrected chi connectivity index (χ1v) is 13.7. The lowest BCUT2D eigenvalue weighted by atomic mass is 9.82. The van der Waals surface area contributed by atoms with Gasteiger partial charge in [-0.05, 0) is 31.4 Å². The largest absolute Gasteiger partial charge is 0.493 e. The fraction of sp³-hybridized carbons (Fsp3) is 0.355. The predicted molar refractivity (Wildman–Crippen MR) is 150 cm³/mol. The number of aliphatic hydroxyl groups excluding tert-OH is 4. The Morgan fingerprint density at radius 1 is 0.738 bits per heavy atom. The summed E-state index contributed by atoms with van der Waals surface area (Å²) in [6.45, 7) is 0.486. The van der Waals surface area contributed by atoms with Crippen molar-refractivity contribution >= 4 is 17.3 Å². The second-order valence-corrected chi connectivity index (χ2v) is 10.2. The summed E-state index contributed by atoms with van der Waals surface area (Å²) in [5, 5.41) is 38.9. The summed E-state index contributed by atoms with van der Waals surface area (Å²) < 4.78 is 22.6. The lowest BCUT2D eigenvalue weighted by Crippen LogP contribution is -2.58. The third kappa shape index (κ3) is 6.02. The summed E-state index contributed by atoms with van der Waals surface area (Å²) in [4.78, 5) is 27.0. The van der Waals surface area contributed by atoms with Crippen LogP contribution in [0.3, 0.4) is 0 Å². The van der Waals surface area contributed by atoms with Crippen molar-refractivity contribution in [1.29, 1.82) is 0 Å². The molecule has 42 heavy (non-hydrogen) atoms. The van der Waals surface area contributed by atoms with Gasteiger partial charge >= 0.3 is 0 Å². The van der Waals surface area contributed by atoms with Gasteiger partial charge in [0.2, 0.25) is 0 Å². The van der Waals surface area contributed by atoms with Gasteiger partial charge in [0.15, 0.2) is 23.6 Å². The molecule has 0 saturated carbocycles. The molecule has 3 aromatic carbocycles. The average Bonchev–Trinajstić information content (AvgIpc) is 3.00. The van der Waals surface area contributed by atoms with Crippen LogP contribution in [0.4, 0.5) is 5.69 Å². The van der Waals surface area contributed by atoms with Crippen LogP contribution in [0.5, 0.6) is 17.2 Å². The average molecular weight is 580 g/mol. The molecule has 11 heteroatoms. The molecule has 0 spiro atoms. The Morgan fingerprint density at radius 2 is 1.38 bits per heavy atom. The smallest absolute Gasteiger partial charge is 0.198 e. The molecule has 1 aliphatic carbocycles. The highest BCUT2D eigenvalue weighted by Gasteiger charge is 2.43. The maximum absolute atomic E-state index is 13.5. The number of fused-ring (bicyclic) bond motifs is 2. The summed E-state index contributed by atoms with van der Waals surface area (Å²) in [7, 11) is 0. The van der Waals surface area contributed by atoms with Crippen molar-refractivity contribution in [2.75, 3.05) is 25.6 Å². The standard InChI is InChI=1S/C31H33NO10/c32-25-21(41-17-9-3-1-4-10-17)15-20(23-24(25)27(34)19-12-6-5-11-18(19)26(23)33)40-14-8-2-7-13-39-16-22-28(35)29(36)30(37)31(38)42-22/h1,3-6,9-12,15,22,28-31,35-38H,2,7-8,13-14,16,32H2/t22?,28-,29?,30?,31+/m0/s1. The molecule has 3 aromatic rings. The number of ketones is 2. The van der Waals surface area contributed by atoms with Gasteiger partial charge in [0.25, 0.3) is 0 Å². The minimum absolute atomic E-state index is 0.0606. The van der Waals surface area contributed by atoms with Crippen molar-refractivity contribution in [3.05, 3.63) is 82.9 Å². The van der Waals surface area contributed by atoms with E-state index in [2.05, 4.69) is 0 Å². The van der Waals surface area contributed by atoms with Crippen LogP contribution in [0.25, 0.3) is 0 Å². The van der Waals surface area contributed by atoms with Crippen molar-refractivity contribution in [3.63, 3.8) is 0 Å². The number of anilines is 1. The molecule has 2 aliphatic rings. The number of benzene rings is 3. The zero-order valence-corrected chi connectivity index (χ0v) is 22.7. The number of carbonyl (C=O) groups is 2. The zero-order chi connectivity index (χ0) is 29.8. The third-order valence-corrected chi connectivity index (χ3v) is 7.29. The van der Waals surface area contributed by atoms with Gasteiger partial charge in [-0.15, -0.1) is 0 Å². The molecule has 0 amide bonds. The minimum Gasteiger partial charge on any atom is -0.493 e. The Bertz CT molecular complexity index is 1430. The number of nitrogen functional groups attached to an aromatic ring is 1. The third-order valence-electron chi connectivity index (χ3n) is 7.29. The fourth-order valence-corrected chi connectivity index (χ4v) is 5.01. The number of hydrogen-bond donors (Lipinski definition) is 5. The molecule has 3 unspecified atom stereocenters. The molecule has 222 valence electrons. The van der Waals surface area contributed by atoms with Gasteiger partial charge in [-0.1, -0.05) is 42.5 Å². The lowest BCUT2D eigenvalue weighted by molar-refractivity contribution is -0.288. The SMILES string of the molecule is Nc1c(Oc2ccccc2)cc(OCCCCCOCC2O[C@@H](O)C(O)C(O)[C@H]2O)c2c1C(=O)c1ccccc1C2=O. The number of rotatable bonds is 11. The number of nitrogens with two attached hydrogens (primary N) is 1. The van der Waals surface area contributed by atoms with E-state index in [1.807, 2.05) is 6.07 Å². The molecule has 5 rings (SSSR count). The Kier molecular flexibility index (Phi) is 9.17. The molecule has 1 heterocycles. The first-order chi connectivity index (χ1) is 20.3. The summed E-state index contributed by atoms with van der Waals surface area (Å²) in [5.41, 5.74) is 7.20. The Balaban J connectivity index is 1.22. The van der Waals surface area contributed by atoms with E-state index in [1.54, 1.807) is 54.6 Å². The Hall–Kier alpha value is -3.84. The van der Waals surface area contributed by atoms with Crippen LogP contribution in [0.2, 0.25) is 0 Å². The number of hydrogen-bond acceptors (Lipinski definition) is 11. The summed E-state index contributed by atoms with van der Waals surface area (Å²) in [6.07, 6.45) is -5.17. The van der Waals surface area contributed by atoms with Crippen molar-refractivity contribution < 1.29 is 49.0 Å². The quantitative estimate of drug-likeness (QED) is 0.130. The molecule has 11 nitrogen and oxygen atoms in total. The second-order valence-electron chi connectivity index (χ2n) is 10.2. The van der Waals surface area contributed by atoms with Crippen LogP contribution >= 0.6 is 0 Å². The topological polar surface area (TPSA) is 178 Å². The lowest BCUT2D eigenvalue weighted by Gasteiger charge is -2.38. The van der Waals surface area contributed by atoms with E-state index in [0.717, 1.165) is 0 Å². The number of aliphatic hydroxyl groups is 4. The van der Waals surface area contributed by atoms with E-state index < -0.39 is 30.7 Å². The van der Waals surface area contributed by atoms with Gasteiger partial charge in [-0.25, -0.2) is 0 Å². The van der Waals surface area contributed by atoms with Gasteiger partial charge < -0.3 is 45.1 Å². The van der Waals surface area contributed by atoms with Gasteiger partial charge in [-0.3, -0.25) is 9.59 Å². The second kappa shape index (κ2) is 13.0. The van der Waals surface area contributed by atoms with Gasteiger partial charge in [0.1, 0.15) is 35.9 Å². The van der Waals surface area contributed by atoms with E-state index in [1.165, 1.54) is 0 Å². The first kappa shape index (κ1) is 29.6. The van der Waals surface area contributed by atoms with Gasteiger partial charge in [0.05, 0.1) is 30.0 Å². The Morgan fingerprint density at radius 3 is 2.10 bits per heavy atom. The van der Waals surface area contributed by atoms with E-state index in [-0.39, 0.29) is 64.2 Å². The van der Waals surface area contributed by atoms with Crippen LogP contribution < -0.4 is 15.2 Å². The minimum atomic E-state index is -1.61. The maximum Gasteiger partial charge on any atom is 0.198 e. The van der Waals surface area contributed by atoms with Crippen LogP contribution in [0, 0.1) is 0 Å². The van der Waals surface area contributed by atoms with Crippen molar-refractivity contribution in [3.8, 4) is 17.2 Å². The highest BCUT2D eigenvalue weighted by molar-refractivity contribution is 6.31.